The van der Waals surface area contributed by atoms with Crippen LogP contribution < -0.4 is 15.0 Å². The van der Waals surface area contributed by atoms with E-state index < -0.39 is 35.7 Å². The van der Waals surface area contributed by atoms with Gasteiger partial charge in [0.2, 0.25) is 11.8 Å². The molecular formula is C19H20F2N2O3. The molecule has 0 aromatic heterocycles. The first-order valence-corrected chi connectivity index (χ1v) is 8.07. The summed E-state index contributed by atoms with van der Waals surface area (Å²) < 4.78 is 33.0. The second-order valence-electron chi connectivity index (χ2n) is 5.88. The summed E-state index contributed by atoms with van der Waals surface area (Å²) in [6.45, 7) is 4.55. The van der Waals surface area contributed by atoms with Gasteiger partial charge in [-0.25, -0.2) is 8.78 Å². The molecule has 0 bridgehead atoms. The minimum absolute atomic E-state index is 0.133. The molecule has 5 nitrogen and oxygen atoms in total. The third kappa shape index (κ3) is 4.78. The summed E-state index contributed by atoms with van der Waals surface area (Å²) in [5.74, 6) is -2.49. The highest BCUT2D eigenvalue weighted by Crippen LogP contribution is 2.29. The van der Waals surface area contributed by atoms with E-state index >= 15 is 0 Å². The molecule has 0 unspecified atom stereocenters. The number of nitrogens with zero attached hydrogens (tertiary/aromatic N) is 1. The van der Waals surface area contributed by atoms with Crippen molar-refractivity contribution in [2.75, 3.05) is 16.8 Å². The average Bonchev–Trinajstić information content (AvgIpc) is 2.56. The lowest BCUT2D eigenvalue weighted by Crippen LogP contribution is -2.37. The Morgan fingerprint density at radius 3 is 2.27 bits per heavy atom. The molecule has 0 aliphatic carbocycles. The first-order valence-electron chi connectivity index (χ1n) is 8.07. The summed E-state index contributed by atoms with van der Waals surface area (Å²) in [6, 6.07) is 10.0. The summed E-state index contributed by atoms with van der Waals surface area (Å²) in [4.78, 5) is 25.5. The molecule has 0 aliphatic heterocycles. The fourth-order valence-electron chi connectivity index (χ4n) is 2.34. The van der Waals surface area contributed by atoms with Crippen LogP contribution in [0.2, 0.25) is 0 Å². The molecule has 26 heavy (non-hydrogen) atoms. The molecule has 2 amide bonds. The predicted octanol–water partition coefficient (Wildman–Crippen LogP) is 3.74. The van der Waals surface area contributed by atoms with Gasteiger partial charge in [0.25, 0.3) is 0 Å². The minimum Gasteiger partial charge on any atom is -0.489 e. The van der Waals surface area contributed by atoms with Crippen LogP contribution in [0.1, 0.15) is 20.8 Å². The number of carbonyl (C=O) groups excluding carboxylic acids is 2. The molecule has 1 N–H and O–H groups in total. The van der Waals surface area contributed by atoms with Gasteiger partial charge in [0.05, 0.1) is 11.8 Å². The standard InChI is InChI=1S/C19H20F2N2O3/c1-12(2)26-17-10-5-4-9-16(17)23(13(3)24)11-18(25)22-19-14(20)7-6-8-15(19)21/h4-10,12H,11H2,1-3H3,(H,22,25). The van der Waals surface area contributed by atoms with Crippen molar-refractivity contribution in [1.29, 1.82) is 0 Å². The minimum atomic E-state index is -0.892. The van der Waals surface area contributed by atoms with Gasteiger partial charge < -0.3 is 10.1 Å². The van der Waals surface area contributed by atoms with Crippen molar-refractivity contribution < 1.29 is 23.1 Å². The van der Waals surface area contributed by atoms with E-state index in [0.29, 0.717) is 11.4 Å². The van der Waals surface area contributed by atoms with Crippen LogP contribution in [0.15, 0.2) is 42.5 Å². The maximum atomic E-state index is 13.7. The molecule has 0 heterocycles. The lowest BCUT2D eigenvalue weighted by Gasteiger charge is -2.24. The zero-order chi connectivity index (χ0) is 19.3. The number of rotatable bonds is 6. The molecule has 0 fully saturated rings. The number of ether oxygens (including phenoxy) is 1. The number of hydrogen-bond donors (Lipinski definition) is 1. The topological polar surface area (TPSA) is 58.6 Å². The molecular weight excluding hydrogens is 342 g/mol. The normalized spacial score (nSPS) is 10.5. The summed E-state index contributed by atoms with van der Waals surface area (Å²) in [6.07, 6.45) is -0.133. The lowest BCUT2D eigenvalue weighted by atomic mass is 10.2. The maximum Gasteiger partial charge on any atom is 0.244 e. The van der Waals surface area contributed by atoms with Crippen molar-refractivity contribution in [1.82, 2.24) is 0 Å². The van der Waals surface area contributed by atoms with Gasteiger partial charge in [-0.05, 0) is 38.1 Å². The Bertz CT molecular complexity index is 789. The lowest BCUT2D eigenvalue weighted by molar-refractivity contribution is -0.120. The summed E-state index contributed by atoms with van der Waals surface area (Å²) in [5.41, 5.74) is -0.148. The number of para-hydroxylation sites is 3. The Balaban J connectivity index is 2.24. The first-order chi connectivity index (χ1) is 12.3. The molecule has 0 saturated carbocycles. The second-order valence-corrected chi connectivity index (χ2v) is 5.88. The van der Waals surface area contributed by atoms with Crippen LogP contribution in [0.3, 0.4) is 0 Å². The molecule has 2 aromatic rings. The van der Waals surface area contributed by atoms with Gasteiger partial charge in [0.1, 0.15) is 29.6 Å². The third-order valence-electron chi connectivity index (χ3n) is 3.43. The molecule has 0 saturated heterocycles. The van der Waals surface area contributed by atoms with Crippen molar-refractivity contribution >= 4 is 23.2 Å². The Labute approximate surface area is 150 Å². The molecule has 0 radical (unpaired) electrons. The number of anilines is 2. The zero-order valence-corrected chi connectivity index (χ0v) is 14.8. The Hall–Kier alpha value is -2.96. The van der Waals surface area contributed by atoms with E-state index in [4.69, 9.17) is 4.74 Å². The highest BCUT2D eigenvalue weighted by molar-refractivity contribution is 6.02. The van der Waals surface area contributed by atoms with Crippen molar-refractivity contribution in [2.24, 2.45) is 0 Å². The fraction of sp³-hybridized carbons (Fsp3) is 0.263. The maximum absolute atomic E-state index is 13.7. The Morgan fingerprint density at radius 1 is 1.08 bits per heavy atom. The van der Waals surface area contributed by atoms with Gasteiger partial charge in [-0.15, -0.1) is 0 Å². The number of carbonyl (C=O) groups is 2. The van der Waals surface area contributed by atoms with Crippen LogP contribution >= 0.6 is 0 Å². The molecule has 0 atom stereocenters. The highest BCUT2D eigenvalue weighted by Gasteiger charge is 2.21. The van der Waals surface area contributed by atoms with Crippen LogP contribution in [0, 0.1) is 11.6 Å². The quantitative estimate of drug-likeness (QED) is 0.852. The van der Waals surface area contributed by atoms with E-state index in [1.165, 1.54) is 17.9 Å². The van der Waals surface area contributed by atoms with E-state index in [1.54, 1.807) is 24.3 Å². The van der Waals surface area contributed by atoms with Gasteiger partial charge in [-0.1, -0.05) is 18.2 Å². The monoisotopic (exact) mass is 362 g/mol. The van der Waals surface area contributed by atoms with Crippen molar-refractivity contribution in [3.63, 3.8) is 0 Å². The highest BCUT2D eigenvalue weighted by atomic mass is 19.1. The number of amides is 2. The SMILES string of the molecule is CC(=O)N(CC(=O)Nc1c(F)cccc1F)c1ccccc1OC(C)C. The molecule has 2 rings (SSSR count). The third-order valence-corrected chi connectivity index (χ3v) is 3.43. The molecule has 0 spiro atoms. The molecule has 2 aromatic carbocycles. The Morgan fingerprint density at radius 2 is 1.69 bits per heavy atom. The number of benzene rings is 2. The van der Waals surface area contributed by atoms with E-state index in [0.717, 1.165) is 12.1 Å². The smallest absolute Gasteiger partial charge is 0.244 e. The summed E-state index contributed by atoms with van der Waals surface area (Å²) >= 11 is 0. The van der Waals surface area contributed by atoms with Crippen LogP contribution in [-0.4, -0.2) is 24.5 Å². The first kappa shape index (κ1) is 19.4. The van der Waals surface area contributed by atoms with Gasteiger partial charge in [-0.3, -0.25) is 14.5 Å². The van der Waals surface area contributed by atoms with Gasteiger partial charge >= 0.3 is 0 Å². The number of nitrogens with one attached hydrogen (secondary N) is 1. The zero-order valence-electron chi connectivity index (χ0n) is 14.8. The number of hydrogen-bond acceptors (Lipinski definition) is 3. The average molecular weight is 362 g/mol. The van der Waals surface area contributed by atoms with E-state index in [2.05, 4.69) is 5.32 Å². The largest absolute Gasteiger partial charge is 0.489 e. The number of halogens is 2. The van der Waals surface area contributed by atoms with Gasteiger partial charge in [-0.2, -0.15) is 0 Å². The van der Waals surface area contributed by atoms with Gasteiger partial charge in [0, 0.05) is 6.92 Å². The van der Waals surface area contributed by atoms with Crippen LogP contribution in [0.5, 0.6) is 5.75 Å². The summed E-state index contributed by atoms with van der Waals surface area (Å²) in [7, 11) is 0. The van der Waals surface area contributed by atoms with Crippen molar-refractivity contribution in [2.45, 2.75) is 26.9 Å². The second kappa shape index (κ2) is 8.42. The van der Waals surface area contributed by atoms with E-state index in [9.17, 15) is 18.4 Å². The van der Waals surface area contributed by atoms with E-state index in [-0.39, 0.29) is 6.10 Å². The Kier molecular flexibility index (Phi) is 6.27. The predicted molar refractivity (Wildman–Crippen MR) is 95.2 cm³/mol. The van der Waals surface area contributed by atoms with Crippen LogP contribution in [-0.2, 0) is 9.59 Å². The van der Waals surface area contributed by atoms with Crippen molar-refractivity contribution in [3.8, 4) is 5.75 Å². The van der Waals surface area contributed by atoms with Crippen LogP contribution in [0.25, 0.3) is 0 Å². The summed E-state index contributed by atoms with van der Waals surface area (Å²) in [5, 5.41) is 2.17. The van der Waals surface area contributed by atoms with Crippen molar-refractivity contribution in [3.05, 3.63) is 54.1 Å². The molecule has 138 valence electrons. The molecule has 0 aliphatic rings. The van der Waals surface area contributed by atoms with Crippen LogP contribution in [0.4, 0.5) is 20.2 Å². The van der Waals surface area contributed by atoms with E-state index in [1.807, 2.05) is 13.8 Å². The fourth-order valence-corrected chi connectivity index (χ4v) is 2.34. The molecule has 7 heteroatoms. The van der Waals surface area contributed by atoms with Gasteiger partial charge in [0.15, 0.2) is 0 Å².